The number of alkyl carbamates (subject to hydrolysis) is 1. The smallest absolute Gasteiger partial charge is 0.408 e. The Kier molecular flexibility index (Phi) is 3.35. The summed E-state index contributed by atoms with van der Waals surface area (Å²) in [6, 6.07) is 0. The van der Waals surface area contributed by atoms with Crippen LogP contribution in [0.1, 0.15) is 36.3 Å². The summed E-state index contributed by atoms with van der Waals surface area (Å²) in [6.07, 6.45) is -0.397. The molecule has 0 unspecified atom stereocenters. The van der Waals surface area contributed by atoms with Gasteiger partial charge < -0.3 is 15.4 Å². The van der Waals surface area contributed by atoms with Crippen LogP contribution >= 0.6 is 11.3 Å². The van der Waals surface area contributed by atoms with Gasteiger partial charge in [-0.3, -0.25) is 0 Å². The lowest BCUT2D eigenvalue weighted by molar-refractivity contribution is 0.0523. The Hall–Kier alpha value is -1.14. The average Bonchev–Trinajstić information content (AvgIpc) is 2.70. The van der Waals surface area contributed by atoms with Crippen molar-refractivity contribution in [2.75, 3.05) is 0 Å². The van der Waals surface area contributed by atoms with Gasteiger partial charge in [-0.1, -0.05) is 0 Å². The minimum absolute atomic E-state index is 0.397. The molecule has 0 saturated heterocycles. The minimum Gasteiger partial charge on any atom is -0.444 e. The van der Waals surface area contributed by atoms with Gasteiger partial charge in [0.15, 0.2) is 0 Å². The summed E-state index contributed by atoms with van der Waals surface area (Å²) in [7, 11) is 0. The summed E-state index contributed by atoms with van der Waals surface area (Å²) in [5, 5.41) is 6.87. The third-order valence-electron chi connectivity index (χ3n) is 2.18. The number of hydrogen-bond donors (Lipinski definition) is 2. The molecule has 94 valence electrons. The predicted molar refractivity (Wildman–Crippen MR) is 65.7 cm³/mol. The Balaban J connectivity index is 1.83. The fourth-order valence-corrected chi connectivity index (χ4v) is 2.54. The van der Waals surface area contributed by atoms with Crippen molar-refractivity contribution in [1.29, 1.82) is 0 Å². The van der Waals surface area contributed by atoms with Crippen LogP contribution in [0.5, 0.6) is 0 Å². The summed E-state index contributed by atoms with van der Waals surface area (Å²) >= 11 is 1.64. The minimum atomic E-state index is -0.460. The normalized spacial score (nSPS) is 14.5. The van der Waals surface area contributed by atoms with E-state index in [0.29, 0.717) is 6.54 Å². The molecule has 5 nitrogen and oxygen atoms in total. The maximum Gasteiger partial charge on any atom is 0.408 e. The van der Waals surface area contributed by atoms with Crippen molar-refractivity contribution in [2.24, 2.45) is 0 Å². The molecule has 1 aliphatic heterocycles. The highest BCUT2D eigenvalue weighted by molar-refractivity contribution is 7.11. The quantitative estimate of drug-likeness (QED) is 0.845. The standard InChI is InChI=1S/C11H17N3O2S/c1-11(2,3)16-10(15)13-6-9-14-7-4-12-5-8(7)17-9/h12H,4-6H2,1-3H3,(H,13,15). The second-order valence-corrected chi connectivity index (χ2v) is 6.10. The predicted octanol–water partition coefficient (Wildman–Crippen LogP) is 1.77. The van der Waals surface area contributed by atoms with Crippen molar-refractivity contribution >= 4 is 17.4 Å². The van der Waals surface area contributed by atoms with E-state index >= 15 is 0 Å². The zero-order valence-electron chi connectivity index (χ0n) is 10.3. The van der Waals surface area contributed by atoms with E-state index < -0.39 is 11.7 Å². The molecule has 0 radical (unpaired) electrons. The van der Waals surface area contributed by atoms with E-state index in [4.69, 9.17) is 4.74 Å². The topological polar surface area (TPSA) is 63.2 Å². The van der Waals surface area contributed by atoms with Crippen molar-refractivity contribution in [3.63, 3.8) is 0 Å². The van der Waals surface area contributed by atoms with E-state index in [-0.39, 0.29) is 0 Å². The summed E-state index contributed by atoms with van der Waals surface area (Å²) in [4.78, 5) is 17.2. The zero-order valence-corrected chi connectivity index (χ0v) is 11.1. The molecule has 2 heterocycles. The monoisotopic (exact) mass is 255 g/mol. The van der Waals surface area contributed by atoms with E-state index in [1.165, 1.54) is 4.88 Å². The Labute approximate surface area is 105 Å². The Morgan fingerprint density at radius 1 is 1.53 bits per heavy atom. The Bertz CT molecular complexity index is 401. The van der Waals surface area contributed by atoms with Crippen LogP contribution < -0.4 is 10.6 Å². The third-order valence-corrected chi connectivity index (χ3v) is 3.28. The molecule has 0 saturated carbocycles. The number of fused-ring (bicyclic) bond motifs is 1. The first-order valence-electron chi connectivity index (χ1n) is 5.59. The van der Waals surface area contributed by atoms with Gasteiger partial charge in [0.25, 0.3) is 0 Å². The van der Waals surface area contributed by atoms with Crippen molar-refractivity contribution in [3.05, 3.63) is 15.6 Å². The molecule has 17 heavy (non-hydrogen) atoms. The lowest BCUT2D eigenvalue weighted by atomic mass is 10.2. The first-order chi connectivity index (χ1) is 7.94. The first kappa shape index (κ1) is 12.3. The summed E-state index contributed by atoms with van der Waals surface area (Å²) < 4.78 is 5.15. The Morgan fingerprint density at radius 2 is 2.29 bits per heavy atom. The highest BCUT2D eigenvalue weighted by Gasteiger charge is 2.18. The van der Waals surface area contributed by atoms with Crippen molar-refractivity contribution in [3.8, 4) is 0 Å². The first-order valence-corrected chi connectivity index (χ1v) is 6.41. The average molecular weight is 255 g/mol. The zero-order chi connectivity index (χ0) is 12.5. The molecule has 0 fully saturated rings. The highest BCUT2D eigenvalue weighted by Crippen LogP contribution is 2.22. The van der Waals surface area contributed by atoms with Gasteiger partial charge >= 0.3 is 6.09 Å². The molecule has 1 aromatic heterocycles. The van der Waals surface area contributed by atoms with Crippen LogP contribution in [0.2, 0.25) is 0 Å². The van der Waals surface area contributed by atoms with Crippen molar-refractivity contribution < 1.29 is 9.53 Å². The number of carbonyl (C=O) groups excluding carboxylic acids is 1. The summed E-state index contributed by atoms with van der Waals surface area (Å²) in [5.74, 6) is 0. The molecule has 1 amide bonds. The third kappa shape index (κ3) is 3.41. The van der Waals surface area contributed by atoms with Gasteiger partial charge in [-0.2, -0.15) is 0 Å². The number of nitrogens with zero attached hydrogens (tertiary/aromatic N) is 1. The molecular weight excluding hydrogens is 238 g/mol. The SMILES string of the molecule is CC(C)(C)OC(=O)NCc1nc2c(s1)CNC2. The number of thiazole rings is 1. The van der Waals surface area contributed by atoms with Crippen LogP contribution in [0.15, 0.2) is 0 Å². The maximum absolute atomic E-state index is 11.4. The van der Waals surface area contributed by atoms with Crippen molar-refractivity contribution in [1.82, 2.24) is 15.6 Å². The molecule has 0 aromatic carbocycles. The molecule has 0 atom stereocenters. The number of nitrogens with one attached hydrogen (secondary N) is 2. The highest BCUT2D eigenvalue weighted by atomic mass is 32.1. The number of aromatic nitrogens is 1. The number of hydrogen-bond acceptors (Lipinski definition) is 5. The van der Waals surface area contributed by atoms with E-state index in [1.54, 1.807) is 11.3 Å². The van der Waals surface area contributed by atoms with Crippen molar-refractivity contribution in [2.45, 2.75) is 46.0 Å². The van der Waals surface area contributed by atoms with Crippen LogP contribution in [0.4, 0.5) is 4.79 Å². The second kappa shape index (κ2) is 4.62. The van der Waals surface area contributed by atoms with Gasteiger partial charge in [-0.15, -0.1) is 11.3 Å². The molecule has 1 aromatic rings. The molecule has 0 bridgehead atoms. The largest absolute Gasteiger partial charge is 0.444 e. The fourth-order valence-electron chi connectivity index (χ4n) is 1.55. The molecule has 2 rings (SSSR count). The van der Waals surface area contributed by atoms with Gasteiger partial charge in [0.05, 0.1) is 12.2 Å². The van der Waals surface area contributed by atoms with E-state index in [9.17, 15) is 4.79 Å². The number of ether oxygens (including phenoxy) is 1. The molecule has 0 spiro atoms. The van der Waals surface area contributed by atoms with Crippen LogP contribution in [0, 0.1) is 0 Å². The van der Waals surface area contributed by atoms with Gasteiger partial charge in [-0.05, 0) is 20.8 Å². The second-order valence-electron chi connectivity index (χ2n) is 4.94. The number of amides is 1. The fraction of sp³-hybridized carbons (Fsp3) is 0.636. The maximum atomic E-state index is 11.4. The summed E-state index contributed by atoms with van der Waals surface area (Å²) in [6.45, 7) is 7.69. The molecular formula is C11H17N3O2S. The number of carbonyl (C=O) groups is 1. The molecule has 6 heteroatoms. The Morgan fingerprint density at radius 3 is 2.94 bits per heavy atom. The molecule has 2 N–H and O–H groups in total. The van der Waals surface area contributed by atoms with Gasteiger partial charge in [0.2, 0.25) is 0 Å². The van der Waals surface area contributed by atoms with Gasteiger partial charge in [0.1, 0.15) is 10.6 Å². The molecule has 1 aliphatic rings. The van der Waals surface area contributed by atoms with E-state index in [1.807, 2.05) is 20.8 Å². The lowest BCUT2D eigenvalue weighted by Gasteiger charge is -2.19. The van der Waals surface area contributed by atoms with Gasteiger partial charge in [-0.25, -0.2) is 9.78 Å². The molecule has 0 aliphatic carbocycles. The number of rotatable bonds is 2. The lowest BCUT2D eigenvalue weighted by Crippen LogP contribution is -2.32. The van der Waals surface area contributed by atoms with Crippen LogP contribution in [0.25, 0.3) is 0 Å². The van der Waals surface area contributed by atoms with Crippen LogP contribution in [0.3, 0.4) is 0 Å². The van der Waals surface area contributed by atoms with Crippen LogP contribution in [-0.4, -0.2) is 16.7 Å². The van der Waals surface area contributed by atoms with E-state index in [0.717, 1.165) is 23.8 Å². The van der Waals surface area contributed by atoms with Gasteiger partial charge in [0, 0.05) is 18.0 Å². The summed E-state index contributed by atoms with van der Waals surface area (Å²) in [5.41, 5.74) is 0.648. The van der Waals surface area contributed by atoms with E-state index in [2.05, 4.69) is 15.6 Å². The van der Waals surface area contributed by atoms with Crippen LogP contribution in [-0.2, 0) is 24.4 Å².